The van der Waals surface area contributed by atoms with Gasteiger partial charge in [0, 0.05) is 36.9 Å². The monoisotopic (exact) mass is 765 g/mol. The maximum atomic E-state index is 12.9. The zero-order valence-electron chi connectivity index (χ0n) is 32.4. The molecule has 0 radical (unpaired) electrons. The van der Waals surface area contributed by atoms with Crippen molar-refractivity contribution >= 4 is 30.0 Å². The van der Waals surface area contributed by atoms with Crippen molar-refractivity contribution in [3.8, 4) is 0 Å². The molecule has 3 unspecified atom stereocenters. The van der Waals surface area contributed by atoms with Gasteiger partial charge in [-0.3, -0.25) is 14.4 Å². The van der Waals surface area contributed by atoms with Crippen LogP contribution in [0.4, 0.5) is 0 Å². The van der Waals surface area contributed by atoms with Crippen LogP contribution >= 0.6 is 11.6 Å². The number of ether oxygens (including phenoxy) is 4. The maximum Gasteiger partial charge on any atom is 0.309 e. The van der Waals surface area contributed by atoms with Crippen molar-refractivity contribution in [2.75, 3.05) is 7.11 Å². The lowest BCUT2D eigenvalue weighted by atomic mass is 9.86. The van der Waals surface area contributed by atoms with E-state index in [0.717, 1.165) is 12.0 Å². The van der Waals surface area contributed by atoms with E-state index in [-0.39, 0.29) is 56.0 Å². The fraction of sp³-hybridized carbons (Fsp3) is 0.625. The number of carbonyl (C=O) groups is 3. The van der Waals surface area contributed by atoms with Gasteiger partial charge in [0.25, 0.3) is 6.47 Å². The van der Waals surface area contributed by atoms with Crippen LogP contribution in [0.5, 0.6) is 0 Å². The van der Waals surface area contributed by atoms with Gasteiger partial charge < -0.3 is 44.7 Å². The van der Waals surface area contributed by atoms with Gasteiger partial charge in [-0.1, -0.05) is 68.8 Å². The first-order chi connectivity index (χ1) is 24.8. The summed E-state index contributed by atoms with van der Waals surface area (Å²) in [5.41, 5.74) is -1.13. The second kappa shape index (κ2) is 21.1. The van der Waals surface area contributed by atoms with Crippen LogP contribution in [0.3, 0.4) is 0 Å². The number of hydrogen-bond donors (Lipinski definition) is 5. The summed E-state index contributed by atoms with van der Waals surface area (Å²) >= 11 is 6.13. The average Bonchev–Trinajstić information content (AvgIpc) is 3.87. The van der Waals surface area contributed by atoms with Crippen LogP contribution in [0.1, 0.15) is 92.7 Å². The van der Waals surface area contributed by atoms with E-state index in [1.807, 2.05) is 45.0 Å². The lowest BCUT2D eigenvalue weighted by Crippen LogP contribution is -2.53. The van der Waals surface area contributed by atoms with E-state index in [1.165, 1.54) is 6.92 Å². The predicted molar refractivity (Wildman–Crippen MR) is 202 cm³/mol. The van der Waals surface area contributed by atoms with Crippen molar-refractivity contribution in [1.29, 1.82) is 0 Å². The van der Waals surface area contributed by atoms with Crippen molar-refractivity contribution in [3.05, 3.63) is 70.8 Å². The molecule has 0 aromatic heterocycles. The normalized spacial score (nSPS) is 30.8. The number of carbonyl (C=O) groups excluding carboxylic acids is 2. The van der Waals surface area contributed by atoms with Crippen LogP contribution in [-0.2, 0) is 33.3 Å². The van der Waals surface area contributed by atoms with E-state index in [0.29, 0.717) is 10.6 Å². The average molecular weight is 766 g/mol. The SMILES string of the molecule is CC[C@H](OC)[C@@H](C)[C@H]1O[C@@H]1C(N[C@@H](C)c1ccc(Cl)cc1)C(C)(O)/C=C/C=C(\C)C1OC(=O)C[C@H](O)CC[C@@](C)(O)[C@@H](OC(C)=O)/C=C/[C@@H]1C.O=CO. The van der Waals surface area contributed by atoms with Gasteiger partial charge in [-0.05, 0) is 76.3 Å². The summed E-state index contributed by atoms with van der Waals surface area (Å²) in [6.45, 7) is 14.2. The van der Waals surface area contributed by atoms with E-state index >= 15 is 0 Å². The molecule has 2 aliphatic rings. The highest BCUT2D eigenvalue weighted by atomic mass is 35.5. The molecule has 1 aromatic rings. The van der Waals surface area contributed by atoms with Gasteiger partial charge >= 0.3 is 11.9 Å². The first kappa shape index (κ1) is 46.1. The van der Waals surface area contributed by atoms with Gasteiger partial charge in [0.2, 0.25) is 0 Å². The second-order valence-corrected chi connectivity index (χ2v) is 15.0. The molecule has 0 bridgehead atoms. The van der Waals surface area contributed by atoms with Crippen LogP contribution in [0, 0.1) is 11.8 Å². The number of halogens is 1. The first-order valence-corrected chi connectivity index (χ1v) is 18.5. The maximum absolute atomic E-state index is 12.9. The number of aliphatic hydroxyl groups excluding tert-OH is 1. The zero-order valence-corrected chi connectivity index (χ0v) is 33.2. The van der Waals surface area contributed by atoms with Gasteiger partial charge in [0.05, 0.1) is 36.4 Å². The summed E-state index contributed by atoms with van der Waals surface area (Å²) in [7, 11) is 1.70. The Morgan fingerprint density at radius 2 is 1.81 bits per heavy atom. The number of nitrogens with one attached hydrogen (secondary N) is 1. The summed E-state index contributed by atoms with van der Waals surface area (Å²) in [6, 6.07) is 6.96. The van der Waals surface area contributed by atoms with E-state index in [4.69, 9.17) is 40.4 Å². The van der Waals surface area contributed by atoms with E-state index in [2.05, 4.69) is 19.2 Å². The molecule has 12 atom stereocenters. The molecule has 298 valence electrons. The number of hydrogen-bond acceptors (Lipinski definition) is 11. The molecular weight excluding hydrogens is 706 g/mol. The topological polar surface area (TPSA) is 184 Å². The molecule has 0 spiro atoms. The van der Waals surface area contributed by atoms with Crippen LogP contribution in [0.2, 0.25) is 5.02 Å². The highest BCUT2D eigenvalue weighted by molar-refractivity contribution is 6.30. The molecule has 0 aliphatic carbocycles. The Bertz CT molecular complexity index is 1410. The molecule has 12 nitrogen and oxygen atoms in total. The predicted octanol–water partition coefficient (Wildman–Crippen LogP) is 5.47. The van der Waals surface area contributed by atoms with Crippen LogP contribution in [0.25, 0.3) is 0 Å². The number of methoxy groups -OCH3 is 1. The third kappa shape index (κ3) is 14.2. The van der Waals surface area contributed by atoms with Gasteiger partial charge in [-0.15, -0.1) is 0 Å². The Balaban J connectivity index is 0.00000313. The smallest absolute Gasteiger partial charge is 0.309 e. The van der Waals surface area contributed by atoms with Gasteiger partial charge in [-0.2, -0.15) is 0 Å². The summed E-state index contributed by atoms with van der Waals surface area (Å²) in [5, 5.41) is 44.7. The van der Waals surface area contributed by atoms with E-state index in [9.17, 15) is 24.9 Å². The van der Waals surface area contributed by atoms with Gasteiger partial charge in [0.1, 0.15) is 23.9 Å². The number of benzene rings is 1. The molecule has 1 aromatic carbocycles. The van der Waals surface area contributed by atoms with Crippen molar-refractivity contribution in [2.45, 2.75) is 141 Å². The third-order valence-corrected chi connectivity index (χ3v) is 10.2. The molecule has 2 heterocycles. The number of rotatable bonds is 13. The number of epoxide rings is 1. The number of aliphatic hydroxyl groups is 3. The number of esters is 2. The fourth-order valence-corrected chi connectivity index (χ4v) is 6.85. The Labute approximate surface area is 319 Å². The van der Waals surface area contributed by atoms with Crippen LogP contribution < -0.4 is 5.32 Å². The Morgan fingerprint density at radius 3 is 2.38 bits per heavy atom. The molecule has 0 saturated carbocycles. The molecular formula is C40H60ClNO11. The minimum absolute atomic E-state index is 0.0200. The number of allylic oxidation sites excluding steroid dienone is 2. The summed E-state index contributed by atoms with van der Waals surface area (Å²) in [4.78, 5) is 33.1. The molecule has 1 fully saturated rings. The zero-order chi connectivity index (χ0) is 40.1. The standard InChI is InChI=1S/C39H58ClNO9.CH2O2/c1-10-31(47-9)25(4)35-36(50-35)37(41-26(5)28-14-16-29(40)17-15-28)39(8,46)20-11-12-23(2)34-24(3)13-18-32(48-27(6)42)38(7,45)21-19-30(43)22-33(44)49-34;2-1-3/h11-18,20,24-26,30-32,34-37,41,43,45-46H,10,19,21-22H2,1-9H3;1H,(H,2,3)/b18-13+,20-11+,23-12+;/t24-,25+,26-,30+,31-,32-,34?,35+,36-,37?,38+,39?;/m0./s1. The molecule has 1 saturated heterocycles. The lowest BCUT2D eigenvalue weighted by molar-refractivity contribution is -0.157. The number of cyclic esters (lactones) is 1. The van der Waals surface area contributed by atoms with Crippen molar-refractivity contribution in [1.82, 2.24) is 5.32 Å². The molecule has 0 amide bonds. The first-order valence-electron chi connectivity index (χ1n) is 18.1. The minimum atomic E-state index is -1.46. The minimum Gasteiger partial charge on any atom is -0.483 e. The van der Waals surface area contributed by atoms with Crippen LogP contribution in [-0.4, -0.2) is 99.8 Å². The summed E-state index contributed by atoms with van der Waals surface area (Å²) in [5.74, 6) is -1.40. The van der Waals surface area contributed by atoms with E-state index < -0.39 is 53.4 Å². The number of carboxylic acid groups (broad SMARTS) is 1. The van der Waals surface area contributed by atoms with Gasteiger partial charge in [0.15, 0.2) is 0 Å². The van der Waals surface area contributed by atoms with Gasteiger partial charge in [-0.25, -0.2) is 0 Å². The second-order valence-electron chi connectivity index (χ2n) is 14.6. The molecule has 53 heavy (non-hydrogen) atoms. The fourth-order valence-electron chi connectivity index (χ4n) is 6.73. The van der Waals surface area contributed by atoms with Crippen molar-refractivity contribution in [3.63, 3.8) is 0 Å². The lowest BCUT2D eigenvalue weighted by Gasteiger charge is -2.33. The molecule has 5 N–H and O–H groups in total. The van der Waals surface area contributed by atoms with Crippen molar-refractivity contribution < 1.29 is 53.8 Å². The van der Waals surface area contributed by atoms with Crippen molar-refractivity contribution in [2.24, 2.45) is 11.8 Å². The summed E-state index contributed by atoms with van der Waals surface area (Å²) in [6.07, 6.45) is 6.28. The summed E-state index contributed by atoms with van der Waals surface area (Å²) < 4.78 is 23.2. The quantitative estimate of drug-likeness (QED) is 0.0562. The highest BCUT2D eigenvalue weighted by Crippen LogP contribution is 2.39. The Morgan fingerprint density at radius 1 is 1.19 bits per heavy atom. The van der Waals surface area contributed by atoms with Crippen LogP contribution in [0.15, 0.2) is 60.2 Å². The molecule has 13 heteroatoms. The largest absolute Gasteiger partial charge is 0.483 e. The Hall–Kier alpha value is -3.10. The molecule has 3 rings (SSSR count). The Kier molecular flexibility index (Phi) is 18.3. The third-order valence-electron chi connectivity index (χ3n) is 9.99. The molecule has 2 aliphatic heterocycles. The highest BCUT2D eigenvalue weighted by Gasteiger charge is 2.54. The van der Waals surface area contributed by atoms with E-state index in [1.54, 1.807) is 51.3 Å².